The van der Waals surface area contributed by atoms with Crippen LogP contribution in [0, 0.1) is 0 Å². The van der Waals surface area contributed by atoms with Crippen molar-refractivity contribution in [2.75, 3.05) is 13.7 Å². The lowest BCUT2D eigenvalue weighted by molar-refractivity contribution is 0.200. The summed E-state index contributed by atoms with van der Waals surface area (Å²) in [6.07, 6.45) is 6.81. The van der Waals surface area contributed by atoms with Gasteiger partial charge in [0.15, 0.2) is 17.5 Å². The van der Waals surface area contributed by atoms with Gasteiger partial charge in [0.05, 0.1) is 32.0 Å². The molecule has 0 unspecified atom stereocenters. The SMILES string of the molecule is CCNC(=NCc1ccc(OC)c(OC2CCCC2)c1)NCc1ccnn1C. The van der Waals surface area contributed by atoms with Crippen LogP contribution >= 0.6 is 0 Å². The Balaban J connectivity index is 1.66. The Morgan fingerprint density at radius 1 is 1.21 bits per heavy atom. The van der Waals surface area contributed by atoms with Crippen molar-refractivity contribution in [3.05, 3.63) is 41.7 Å². The van der Waals surface area contributed by atoms with E-state index in [1.54, 1.807) is 13.3 Å². The number of nitrogens with one attached hydrogen (secondary N) is 2. The summed E-state index contributed by atoms with van der Waals surface area (Å²) in [7, 11) is 3.62. The molecule has 2 aromatic rings. The summed E-state index contributed by atoms with van der Waals surface area (Å²) in [5.41, 5.74) is 2.19. The number of hydrogen-bond acceptors (Lipinski definition) is 4. The van der Waals surface area contributed by atoms with E-state index < -0.39 is 0 Å². The molecule has 1 aliphatic rings. The number of aliphatic imine (C=N–C) groups is 1. The van der Waals surface area contributed by atoms with Crippen LogP contribution in [0.1, 0.15) is 43.9 Å². The number of methoxy groups -OCH3 is 1. The highest BCUT2D eigenvalue weighted by molar-refractivity contribution is 5.79. The fourth-order valence-electron chi connectivity index (χ4n) is 3.36. The monoisotopic (exact) mass is 385 g/mol. The maximum atomic E-state index is 6.19. The van der Waals surface area contributed by atoms with E-state index in [2.05, 4.69) is 22.7 Å². The van der Waals surface area contributed by atoms with Gasteiger partial charge < -0.3 is 20.1 Å². The van der Waals surface area contributed by atoms with Crippen molar-refractivity contribution >= 4 is 5.96 Å². The van der Waals surface area contributed by atoms with Gasteiger partial charge >= 0.3 is 0 Å². The Morgan fingerprint density at radius 3 is 2.71 bits per heavy atom. The molecule has 2 N–H and O–H groups in total. The largest absolute Gasteiger partial charge is 0.493 e. The summed E-state index contributed by atoms with van der Waals surface area (Å²) >= 11 is 0. The molecule has 0 amide bonds. The second kappa shape index (κ2) is 10.0. The number of aryl methyl sites for hydroxylation is 1. The predicted octanol–water partition coefficient (Wildman–Crippen LogP) is 3.01. The highest BCUT2D eigenvalue weighted by Gasteiger charge is 2.18. The Morgan fingerprint density at radius 2 is 2.04 bits per heavy atom. The Bertz CT molecular complexity index is 781. The Hall–Kier alpha value is -2.70. The van der Waals surface area contributed by atoms with Gasteiger partial charge in [-0.05, 0) is 56.4 Å². The van der Waals surface area contributed by atoms with E-state index in [0.717, 1.165) is 48.1 Å². The molecule has 1 fully saturated rings. The normalized spacial score (nSPS) is 14.9. The third kappa shape index (κ3) is 5.41. The van der Waals surface area contributed by atoms with E-state index in [1.807, 2.05) is 36.0 Å². The van der Waals surface area contributed by atoms with Gasteiger partial charge in [-0.3, -0.25) is 4.68 Å². The van der Waals surface area contributed by atoms with Crippen molar-refractivity contribution in [1.82, 2.24) is 20.4 Å². The molecule has 0 bridgehead atoms. The van der Waals surface area contributed by atoms with Crippen LogP contribution < -0.4 is 20.1 Å². The molecule has 1 aromatic heterocycles. The molecule has 0 aliphatic heterocycles. The van der Waals surface area contributed by atoms with Crippen LogP contribution in [0.2, 0.25) is 0 Å². The summed E-state index contributed by atoms with van der Waals surface area (Å²) in [5, 5.41) is 10.8. The molecule has 7 heteroatoms. The first-order chi connectivity index (χ1) is 13.7. The first kappa shape index (κ1) is 20.0. The first-order valence-electron chi connectivity index (χ1n) is 10.0. The smallest absolute Gasteiger partial charge is 0.191 e. The minimum atomic E-state index is 0.297. The second-order valence-corrected chi connectivity index (χ2v) is 7.00. The van der Waals surface area contributed by atoms with Crippen LogP contribution in [0.25, 0.3) is 0 Å². The molecular weight excluding hydrogens is 354 g/mol. The molecule has 3 rings (SSSR count). The van der Waals surface area contributed by atoms with Crippen molar-refractivity contribution in [2.24, 2.45) is 12.0 Å². The fraction of sp³-hybridized carbons (Fsp3) is 0.524. The van der Waals surface area contributed by atoms with Gasteiger partial charge in [0.25, 0.3) is 0 Å². The van der Waals surface area contributed by atoms with E-state index in [9.17, 15) is 0 Å². The fourth-order valence-corrected chi connectivity index (χ4v) is 3.36. The molecule has 28 heavy (non-hydrogen) atoms. The number of rotatable bonds is 8. The quantitative estimate of drug-likeness (QED) is 0.540. The van der Waals surface area contributed by atoms with Crippen LogP contribution in [0.3, 0.4) is 0 Å². The molecule has 0 radical (unpaired) electrons. The summed E-state index contributed by atoms with van der Waals surface area (Å²) in [6, 6.07) is 8.04. The van der Waals surface area contributed by atoms with E-state index in [4.69, 9.17) is 14.5 Å². The molecule has 7 nitrogen and oxygen atoms in total. The summed E-state index contributed by atoms with van der Waals surface area (Å²) in [5.74, 6) is 2.37. The predicted molar refractivity (Wildman–Crippen MR) is 111 cm³/mol. The number of aromatic nitrogens is 2. The van der Waals surface area contributed by atoms with E-state index in [-0.39, 0.29) is 0 Å². The number of hydrogen-bond donors (Lipinski definition) is 2. The molecular formula is C21H31N5O2. The Labute approximate surface area is 167 Å². The third-order valence-corrected chi connectivity index (χ3v) is 4.95. The minimum absolute atomic E-state index is 0.297. The van der Waals surface area contributed by atoms with Gasteiger partial charge in [0.2, 0.25) is 0 Å². The molecule has 152 valence electrons. The van der Waals surface area contributed by atoms with Gasteiger partial charge in [0.1, 0.15) is 0 Å². The van der Waals surface area contributed by atoms with Gasteiger partial charge in [-0.2, -0.15) is 5.10 Å². The molecule has 0 saturated heterocycles. The highest BCUT2D eigenvalue weighted by Crippen LogP contribution is 2.32. The maximum absolute atomic E-state index is 6.19. The zero-order valence-electron chi connectivity index (χ0n) is 17.1. The van der Waals surface area contributed by atoms with Crippen molar-refractivity contribution in [3.8, 4) is 11.5 Å². The lowest BCUT2D eigenvalue weighted by Gasteiger charge is -2.17. The lowest BCUT2D eigenvalue weighted by atomic mass is 10.2. The second-order valence-electron chi connectivity index (χ2n) is 7.00. The van der Waals surface area contributed by atoms with Crippen LogP contribution in [0.15, 0.2) is 35.5 Å². The van der Waals surface area contributed by atoms with Crippen LogP contribution in [0.5, 0.6) is 11.5 Å². The average Bonchev–Trinajstić information content (AvgIpc) is 3.36. The average molecular weight is 386 g/mol. The van der Waals surface area contributed by atoms with Gasteiger partial charge in [-0.1, -0.05) is 6.07 Å². The molecule has 1 aromatic carbocycles. The lowest BCUT2D eigenvalue weighted by Crippen LogP contribution is -2.37. The number of benzene rings is 1. The molecule has 1 saturated carbocycles. The van der Waals surface area contributed by atoms with Crippen LogP contribution in [-0.2, 0) is 20.1 Å². The Kier molecular flexibility index (Phi) is 7.17. The first-order valence-corrected chi connectivity index (χ1v) is 10.0. The molecule has 1 aliphatic carbocycles. The number of ether oxygens (including phenoxy) is 2. The maximum Gasteiger partial charge on any atom is 0.191 e. The van der Waals surface area contributed by atoms with E-state index >= 15 is 0 Å². The summed E-state index contributed by atoms with van der Waals surface area (Å²) < 4.78 is 13.5. The zero-order chi connectivity index (χ0) is 19.8. The van der Waals surface area contributed by atoms with Crippen LogP contribution in [-0.4, -0.2) is 35.5 Å². The van der Waals surface area contributed by atoms with Gasteiger partial charge in [-0.15, -0.1) is 0 Å². The van der Waals surface area contributed by atoms with Crippen molar-refractivity contribution in [2.45, 2.75) is 51.8 Å². The third-order valence-electron chi connectivity index (χ3n) is 4.95. The van der Waals surface area contributed by atoms with Crippen molar-refractivity contribution in [3.63, 3.8) is 0 Å². The topological polar surface area (TPSA) is 72.7 Å². The van der Waals surface area contributed by atoms with E-state index in [0.29, 0.717) is 19.2 Å². The van der Waals surface area contributed by atoms with Gasteiger partial charge in [-0.25, -0.2) is 4.99 Å². The minimum Gasteiger partial charge on any atom is -0.493 e. The van der Waals surface area contributed by atoms with Crippen molar-refractivity contribution < 1.29 is 9.47 Å². The van der Waals surface area contributed by atoms with Crippen LogP contribution in [0.4, 0.5) is 0 Å². The van der Waals surface area contributed by atoms with Gasteiger partial charge in [0, 0.05) is 19.8 Å². The molecule has 1 heterocycles. The summed E-state index contributed by atoms with van der Waals surface area (Å²) in [6.45, 7) is 4.09. The van der Waals surface area contributed by atoms with E-state index in [1.165, 1.54) is 12.8 Å². The number of nitrogens with zero attached hydrogens (tertiary/aromatic N) is 3. The standard InChI is InChI=1S/C21H31N5O2/c1-4-22-21(24-15-17-11-12-25-26(17)2)23-14-16-9-10-19(27-3)20(13-16)28-18-7-5-6-8-18/h9-13,18H,4-8,14-15H2,1-3H3,(H2,22,23,24). The molecule has 0 spiro atoms. The summed E-state index contributed by atoms with van der Waals surface area (Å²) in [4.78, 5) is 4.71. The number of guanidine groups is 1. The highest BCUT2D eigenvalue weighted by atomic mass is 16.5. The zero-order valence-corrected chi connectivity index (χ0v) is 17.1. The van der Waals surface area contributed by atoms with Crippen molar-refractivity contribution in [1.29, 1.82) is 0 Å². The molecule has 0 atom stereocenters.